The Bertz CT molecular complexity index is 782. The predicted octanol–water partition coefficient (Wildman–Crippen LogP) is 4.12. The molecule has 2 aromatic rings. The molecule has 0 aliphatic heterocycles. The molecule has 0 saturated carbocycles. The fourth-order valence-electron chi connectivity index (χ4n) is 2.08. The van der Waals surface area contributed by atoms with Crippen LogP contribution in [0, 0.1) is 12.7 Å². The lowest BCUT2D eigenvalue weighted by molar-refractivity contribution is -0.171. The zero-order valence-corrected chi connectivity index (χ0v) is 13.8. The number of nitrogens with zero attached hydrogens (tertiary/aromatic N) is 1. The van der Waals surface area contributed by atoms with E-state index < -0.39 is 28.1 Å². The quantitative estimate of drug-likeness (QED) is 0.763. The summed E-state index contributed by atoms with van der Waals surface area (Å²) in [6, 6.07) is 3.98. The van der Waals surface area contributed by atoms with Gasteiger partial charge in [0, 0.05) is 11.9 Å². The van der Waals surface area contributed by atoms with E-state index in [4.69, 9.17) is 0 Å². The molecule has 1 aromatic heterocycles. The molecule has 0 N–H and O–H groups in total. The molecule has 1 heterocycles. The molecule has 1 aromatic carbocycles. The third kappa shape index (κ3) is 3.73. The normalized spacial score (nSPS) is 14.2. The molecule has 2 rings (SSSR count). The average Bonchev–Trinajstić information content (AvgIpc) is 2.87. The third-order valence-corrected chi connectivity index (χ3v) is 6.50. The highest BCUT2D eigenvalue weighted by Crippen LogP contribution is 2.40. The van der Waals surface area contributed by atoms with Crippen LogP contribution in [0.1, 0.15) is 16.5 Å². The van der Waals surface area contributed by atoms with Gasteiger partial charge < -0.3 is 0 Å². The highest BCUT2D eigenvalue weighted by Gasteiger charge is 2.47. The second-order valence-electron chi connectivity index (χ2n) is 4.88. The molecule has 0 amide bonds. The number of aryl methyl sites for hydroxylation is 1. The molecular formula is C14H13F4NO2S2. The second-order valence-corrected chi connectivity index (χ2v) is 8.39. The summed E-state index contributed by atoms with van der Waals surface area (Å²) in [4.78, 5) is 0.669. The van der Waals surface area contributed by atoms with Gasteiger partial charge in [0.15, 0.2) is 0 Å². The molecule has 0 aliphatic carbocycles. The number of sulfonamides is 1. The number of alkyl halides is 3. The molecule has 126 valence electrons. The molecule has 0 spiro atoms. The maximum Gasteiger partial charge on any atom is 0.409 e. The smallest absolute Gasteiger partial charge is 0.207 e. The topological polar surface area (TPSA) is 37.4 Å². The van der Waals surface area contributed by atoms with Gasteiger partial charge in [0.2, 0.25) is 0 Å². The van der Waals surface area contributed by atoms with Crippen molar-refractivity contribution in [3.8, 4) is 0 Å². The molecule has 3 nitrogen and oxygen atoms in total. The van der Waals surface area contributed by atoms with Gasteiger partial charge in [0.05, 0.1) is 0 Å². The second kappa shape index (κ2) is 6.21. The first kappa shape index (κ1) is 17.9. The van der Waals surface area contributed by atoms with Gasteiger partial charge in [-0.05, 0) is 36.8 Å². The van der Waals surface area contributed by atoms with Crippen molar-refractivity contribution in [1.29, 1.82) is 0 Å². The van der Waals surface area contributed by atoms with E-state index in [1.165, 1.54) is 12.1 Å². The van der Waals surface area contributed by atoms with E-state index in [0.717, 1.165) is 42.6 Å². The highest BCUT2D eigenvalue weighted by atomic mass is 32.2. The summed E-state index contributed by atoms with van der Waals surface area (Å²) in [5, 5.41) is 0. The van der Waals surface area contributed by atoms with Crippen molar-refractivity contribution in [3.63, 3.8) is 0 Å². The van der Waals surface area contributed by atoms with Crippen LogP contribution in [0.25, 0.3) is 0 Å². The first-order chi connectivity index (χ1) is 10.5. The number of hydrogen-bond donors (Lipinski definition) is 0. The highest BCUT2D eigenvalue weighted by molar-refractivity contribution is 7.91. The lowest BCUT2D eigenvalue weighted by Crippen LogP contribution is -2.39. The van der Waals surface area contributed by atoms with E-state index >= 15 is 0 Å². The largest absolute Gasteiger partial charge is 0.409 e. The Labute approximate surface area is 135 Å². The minimum absolute atomic E-state index is 0.172. The van der Waals surface area contributed by atoms with Crippen LogP contribution in [0.5, 0.6) is 0 Å². The Balaban J connectivity index is 2.49. The van der Waals surface area contributed by atoms with Crippen LogP contribution in [0.3, 0.4) is 0 Å². The maximum atomic E-state index is 13.4. The van der Waals surface area contributed by atoms with E-state index in [0.29, 0.717) is 4.88 Å². The molecule has 0 fully saturated rings. The monoisotopic (exact) mass is 367 g/mol. The van der Waals surface area contributed by atoms with Gasteiger partial charge >= 0.3 is 6.18 Å². The van der Waals surface area contributed by atoms with Crippen molar-refractivity contribution in [3.05, 3.63) is 52.7 Å². The summed E-state index contributed by atoms with van der Waals surface area (Å²) in [7, 11) is -3.45. The average molecular weight is 367 g/mol. The van der Waals surface area contributed by atoms with E-state index in [1.54, 1.807) is 6.92 Å². The zero-order valence-electron chi connectivity index (χ0n) is 12.1. The van der Waals surface area contributed by atoms with Crippen molar-refractivity contribution in [2.75, 3.05) is 7.05 Å². The number of hydrogen-bond acceptors (Lipinski definition) is 3. The molecule has 0 bridgehead atoms. The minimum atomic E-state index is -4.84. The summed E-state index contributed by atoms with van der Waals surface area (Å²) in [6.07, 6.45) is -4.84. The van der Waals surface area contributed by atoms with E-state index in [2.05, 4.69) is 0 Å². The van der Waals surface area contributed by atoms with Crippen molar-refractivity contribution in [2.45, 2.75) is 23.4 Å². The van der Waals surface area contributed by atoms with Crippen LogP contribution in [0.2, 0.25) is 0 Å². The maximum absolute atomic E-state index is 13.4. The molecule has 0 radical (unpaired) electrons. The van der Waals surface area contributed by atoms with Gasteiger partial charge in [0.25, 0.3) is 10.0 Å². The Morgan fingerprint density at radius 1 is 1.09 bits per heavy atom. The fraction of sp³-hybridized carbons (Fsp3) is 0.286. The SMILES string of the molecule is Cc1ccc(S(=O)(=O)N(C)[C@H](c2ccc(F)cc2)C(F)(F)F)s1. The van der Waals surface area contributed by atoms with Crippen molar-refractivity contribution < 1.29 is 26.0 Å². The van der Waals surface area contributed by atoms with Crippen LogP contribution < -0.4 is 0 Å². The van der Waals surface area contributed by atoms with Gasteiger partial charge in [0.1, 0.15) is 16.1 Å². The van der Waals surface area contributed by atoms with Crippen LogP contribution in [0.4, 0.5) is 17.6 Å². The molecular weight excluding hydrogens is 354 g/mol. The number of rotatable bonds is 4. The number of thiophene rings is 1. The Kier molecular flexibility index (Phi) is 4.84. The third-order valence-electron chi connectivity index (χ3n) is 3.21. The summed E-state index contributed by atoms with van der Waals surface area (Å²) in [5.41, 5.74) is -0.349. The summed E-state index contributed by atoms with van der Waals surface area (Å²) < 4.78 is 78.1. The minimum Gasteiger partial charge on any atom is -0.207 e. The molecule has 0 unspecified atom stereocenters. The lowest BCUT2D eigenvalue weighted by atomic mass is 10.1. The summed E-state index contributed by atoms with van der Waals surface area (Å²) in [5.74, 6) is -0.700. The molecule has 23 heavy (non-hydrogen) atoms. The Morgan fingerprint density at radius 2 is 1.65 bits per heavy atom. The first-order valence-electron chi connectivity index (χ1n) is 6.40. The first-order valence-corrected chi connectivity index (χ1v) is 8.66. The number of benzene rings is 1. The van der Waals surface area contributed by atoms with Gasteiger partial charge in [-0.3, -0.25) is 0 Å². The van der Waals surface area contributed by atoms with Crippen molar-refractivity contribution in [2.24, 2.45) is 0 Å². The molecule has 9 heteroatoms. The van der Waals surface area contributed by atoms with Gasteiger partial charge in [-0.25, -0.2) is 12.8 Å². The van der Waals surface area contributed by atoms with E-state index in [-0.39, 0.29) is 14.1 Å². The predicted molar refractivity (Wildman–Crippen MR) is 79.2 cm³/mol. The lowest BCUT2D eigenvalue weighted by Gasteiger charge is -2.29. The zero-order chi connectivity index (χ0) is 17.4. The molecule has 1 atom stereocenters. The van der Waals surface area contributed by atoms with Crippen molar-refractivity contribution >= 4 is 21.4 Å². The van der Waals surface area contributed by atoms with Crippen LogP contribution in [-0.2, 0) is 10.0 Å². The number of halogens is 4. The molecule has 0 saturated heterocycles. The van der Waals surface area contributed by atoms with Crippen molar-refractivity contribution in [1.82, 2.24) is 4.31 Å². The van der Waals surface area contributed by atoms with Gasteiger partial charge in [-0.2, -0.15) is 17.5 Å². The Morgan fingerprint density at radius 3 is 2.09 bits per heavy atom. The van der Waals surface area contributed by atoms with Gasteiger partial charge in [-0.1, -0.05) is 12.1 Å². The van der Waals surface area contributed by atoms with Gasteiger partial charge in [-0.15, -0.1) is 11.3 Å². The molecule has 0 aliphatic rings. The summed E-state index contributed by atoms with van der Waals surface area (Å²) >= 11 is 0.892. The van der Waals surface area contributed by atoms with E-state index in [1.807, 2.05) is 0 Å². The Hall–Kier alpha value is -1.45. The standard InChI is InChI=1S/C14H13F4NO2S2/c1-9-3-8-12(22-9)23(20,21)19(2)13(14(16,17)18)10-4-6-11(15)7-5-10/h3-8,13H,1-2H3/t13-/m1/s1. The summed E-state index contributed by atoms with van der Waals surface area (Å²) in [6.45, 7) is 1.66. The van der Waals surface area contributed by atoms with E-state index in [9.17, 15) is 26.0 Å². The fourth-order valence-corrected chi connectivity index (χ4v) is 4.88. The van der Waals surface area contributed by atoms with Crippen LogP contribution >= 0.6 is 11.3 Å². The van der Waals surface area contributed by atoms with Crippen LogP contribution in [-0.4, -0.2) is 25.9 Å². The van der Waals surface area contributed by atoms with Crippen LogP contribution in [0.15, 0.2) is 40.6 Å².